The van der Waals surface area contributed by atoms with E-state index in [4.69, 9.17) is 11.6 Å². The largest absolute Gasteiger partial charge is 0.337 e. The summed E-state index contributed by atoms with van der Waals surface area (Å²) in [5.41, 5.74) is 0.954. The summed E-state index contributed by atoms with van der Waals surface area (Å²) in [4.78, 5) is 14.7. The Morgan fingerprint density at radius 1 is 1.20 bits per heavy atom. The molecule has 1 saturated heterocycles. The number of rotatable bonds is 4. The van der Waals surface area contributed by atoms with Crippen LogP contribution in [0.5, 0.6) is 0 Å². The lowest BCUT2D eigenvalue weighted by molar-refractivity contribution is -0.134. The smallest absolute Gasteiger partial charge is 0.233 e. The molecular formula is C18H23ClN4OS. The summed E-state index contributed by atoms with van der Waals surface area (Å²) in [6.45, 7) is 4.28. The summed E-state index contributed by atoms with van der Waals surface area (Å²) >= 11 is 7.38. The van der Waals surface area contributed by atoms with Gasteiger partial charge in [-0.1, -0.05) is 23.4 Å². The molecule has 3 rings (SSSR count). The Labute approximate surface area is 157 Å². The van der Waals surface area contributed by atoms with Crippen LogP contribution in [0, 0.1) is 0 Å². The van der Waals surface area contributed by atoms with Crippen LogP contribution in [-0.4, -0.2) is 43.4 Å². The highest BCUT2D eigenvalue weighted by Gasteiger charge is 2.29. The second-order valence-electron chi connectivity index (χ2n) is 6.59. The van der Waals surface area contributed by atoms with Gasteiger partial charge in [-0.3, -0.25) is 4.79 Å². The number of hydrogen-bond acceptors (Lipinski definition) is 4. The molecule has 1 aliphatic heterocycles. The number of halogens is 1. The molecule has 2 aromatic rings. The Morgan fingerprint density at radius 3 is 2.48 bits per heavy atom. The fraction of sp³-hybridized carbons (Fsp3) is 0.500. The van der Waals surface area contributed by atoms with Gasteiger partial charge < -0.3 is 9.47 Å². The topological polar surface area (TPSA) is 51.0 Å². The highest BCUT2D eigenvalue weighted by atomic mass is 35.5. The zero-order valence-electron chi connectivity index (χ0n) is 14.8. The molecule has 2 unspecified atom stereocenters. The van der Waals surface area contributed by atoms with Gasteiger partial charge in [-0.2, -0.15) is 0 Å². The van der Waals surface area contributed by atoms with Crippen LogP contribution < -0.4 is 0 Å². The van der Waals surface area contributed by atoms with E-state index in [-0.39, 0.29) is 5.91 Å². The summed E-state index contributed by atoms with van der Waals surface area (Å²) in [7, 11) is 1.92. The predicted octanol–water partition coefficient (Wildman–Crippen LogP) is 4.02. The lowest BCUT2D eigenvalue weighted by Gasteiger charge is -2.39. The van der Waals surface area contributed by atoms with E-state index in [9.17, 15) is 4.79 Å². The third-order valence-electron chi connectivity index (χ3n) is 4.74. The van der Waals surface area contributed by atoms with Crippen molar-refractivity contribution in [3.63, 3.8) is 0 Å². The van der Waals surface area contributed by atoms with Gasteiger partial charge in [-0.15, -0.1) is 10.2 Å². The number of benzene rings is 1. The van der Waals surface area contributed by atoms with Crippen LogP contribution in [0.3, 0.4) is 0 Å². The molecular weight excluding hydrogens is 356 g/mol. The van der Waals surface area contributed by atoms with E-state index in [1.807, 2.05) is 40.8 Å². The minimum Gasteiger partial charge on any atom is -0.337 e. The molecule has 5 nitrogen and oxygen atoms in total. The number of aromatic nitrogens is 3. The van der Waals surface area contributed by atoms with Crippen molar-refractivity contribution >= 4 is 29.3 Å². The maximum absolute atomic E-state index is 12.7. The van der Waals surface area contributed by atoms with E-state index >= 15 is 0 Å². The van der Waals surface area contributed by atoms with Crippen molar-refractivity contribution in [2.75, 3.05) is 5.75 Å². The van der Waals surface area contributed by atoms with Gasteiger partial charge in [-0.25, -0.2) is 0 Å². The first-order valence-electron chi connectivity index (χ1n) is 8.56. The number of carbonyl (C=O) groups excluding carboxylic acids is 1. The maximum atomic E-state index is 12.7. The molecule has 0 spiro atoms. The first-order chi connectivity index (χ1) is 12.0. The molecule has 2 heterocycles. The third kappa shape index (κ3) is 4.01. The van der Waals surface area contributed by atoms with Gasteiger partial charge in [0.15, 0.2) is 11.0 Å². The minimum absolute atomic E-state index is 0.181. The Hall–Kier alpha value is -1.53. The molecule has 0 N–H and O–H groups in total. The van der Waals surface area contributed by atoms with Crippen molar-refractivity contribution in [1.82, 2.24) is 19.7 Å². The number of amides is 1. The van der Waals surface area contributed by atoms with Crippen LogP contribution in [0.4, 0.5) is 0 Å². The molecule has 0 bridgehead atoms. The first kappa shape index (κ1) is 18.3. The molecule has 1 aromatic carbocycles. The van der Waals surface area contributed by atoms with E-state index in [0.29, 0.717) is 22.9 Å². The Bertz CT molecular complexity index is 736. The Morgan fingerprint density at radius 2 is 1.84 bits per heavy atom. The zero-order chi connectivity index (χ0) is 18.0. The second kappa shape index (κ2) is 7.79. The van der Waals surface area contributed by atoms with Gasteiger partial charge in [0, 0.05) is 29.7 Å². The maximum Gasteiger partial charge on any atom is 0.233 e. The molecule has 1 fully saturated rings. The minimum atomic E-state index is 0.181. The fourth-order valence-electron chi connectivity index (χ4n) is 3.40. The van der Waals surface area contributed by atoms with Crippen LogP contribution in [-0.2, 0) is 11.8 Å². The van der Waals surface area contributed by atoms with Crippen molar-refractivity contribution < 1.29 is 4.79 Å². The molecule has 7 heteroatoms. The van der Waals surface area contributed by atoms with E-state index < -0.39 is 0 Å². The number of piperidine rings is 1. The van der Waals surface area contributed by atoms with Crippen LogP contribution in [0.2, 0.25) is 5.02 Å². The summed E-state index contributed by atoms with van der Waals surface area (Å²) < 4.78 is 1.92. The summed E-state index contributed by atoms with van der Waals surface area (Å²) in [6, 6.07) is 8.15. The molecule has 0 aliphatic carbocycles. The highest BCUT2D eigenvalue weighted by molar-refractivity contribution is 7.99. The van der Waals surface area contributed by atoms with E-state index in [2.05, 4.69) is 24.0 Å². The molecule has 1 amide bonds. The standard InChI is InChI=1S/C18H23ClN4OS/c1-12-5-4-6-13(2)23(12)16(24)11-25-18-21-20-17(22(18)3)14-7-9-15(19)10-8-14/h7-10,12-13H,4-6,11H2,1-3H3. The molecule has 0 radical (unpaired) electrons. The number of carbonyl (C=O) groups is 1. The van der Waals surface area contributed by atoms with Gasteiger partial charge in [0.1, 0.15) is 0 Å². The van der Waals surface area contributed by atoms with Crippen LogP contribution in [0.1, 0.15) is 33.1 Å². The fourth-order valence-corrected chi connectivity index (χ4v) is 4.31. The van der Waals surface area contributed by atoms with Crippen molar-refractivity contribution in [2.45, 2.75) is 50.4 Å². The number of nitrogens with zero attached hydrogens (tertiary/aromatic N) is 4. The second-order valence-corrected chi connectivity index (χ2v) is 7.97. The third-order valence-corrected chi connectivity index (χ3v) is 6.00. The Balaban J connectivity index is 1.68. The molecule has 2 atom stereocenters. The Kier molecular flexibility index (Phi) is 5.69. The van der Waals surface area contributed by atoms with Gasteiger partial charge in [0.2, 0.25) is 5.91 Å². The van der Waals surface area contributed by atoms with Gasteiger partial charge in [0.25, 0.3) is 0 Å². The molecule has 1 aliphatic rings. The SMILES string of the molecule is CC1CCCC(C)N1C(=O)CSc1nnc(-c2ccc(Cl)cc2)n1C. The monoisotopic (exact) mass is 378 g/mol. The van der Waals surface area contributed by atoms with Crippen LogP contribution in [0.25, 0.3) is 11.4 Å². The number of likely N-dealkylation sites (tertiary alicyclic amines) is 1. The molecule has 1 aromatic heterocycles. The summed E-state index contributed by atoms with van der Waals surface area (Å²) in [6.07, 6.45) is 3.38. The van der Waals surface area contributed by atoms with Gasteiger partial charge in [0.05, 0.1) is 5.75 Å². The predicted molar refractivity (Wildman–Crippen MR) is 102 cm³/mol. The van der Waals surface area contributed by atoms with E-state index in [0.717, 1.165) is 29.4 Å². The first-order valence-corrected chi connectivity index (χ1v) is 9.93. The molecule has 0 saturated carbocycles. The van der Waals surface area contributed by atoms with Crippen LogP contribution >= 0.6 is 23.4 Å². The lowest BCUT2D eigenvalue weighted by Crippen LogP contribution is -2.48. The number of hydrogen-bond donors (Lipinski definition) is 0. The van der Waals surface area contributed by atoms with Gasteiger partial charge in [-0.05, 0) is 57.4 Å². The highest BCUT2D eigenvalue weighted by Crippen LogP contribution is 2.26. The summed E-state index contributed by atoms with van der Waals surface area (Å²) in [5.74, 6) is 1.34. The van der Waals surface area contributed by atoms with Crippen LogP contribution in [0.15, 0.2) is 29.4 Å². The normalized spacial score (nSPS) is 20.7. The number of thioether (sulfide) groups is 1. The van der Waals surface area contributed by atoms with E-state index in [1.54, 1.807) is 0 Å². The van der Waals surface area contributed by atoms with Crippen molar-refractivity contribution in [2.24, 2.45) is 7.05 Å². The quantitative estimate of drug-likeness (QED) is 0.754. The van der Waals surface area contributed by atoms with Crippen molar-refractivity contribution in [3.05, 3.63) is 29.3 Å². The van der Waals surface area contributed by atoms with Crippen molar-refractivity contribution in [3.8, 4) is 11.4 Å². The molecule has 25 heavy (non-hydrogen) atoms. The van der Waals surface area contributed by atoms with Crippen molar-refractivity contribution in [1.29, 1.82) is 0 Å². The van der Waals surface area contributed by atoms with Gasteiger partial charge >= 0.3 is 0 Å². The molecule has 134 valence electrons. The summed E-state index contributed by atoms with van der Waals surface area (Å²) in [5, 5.41) is 9.94. The lowest BCUT2D eigenvalue weighted by atomic mass is 9.98. The average Bonchev–Trinajstić information content (AvgIpc) is 2.94. The average molecular weight is 379 g/mol. The zero-order valence-corrected chi connectivity index (χ0v) is 16.3. The van der Waals surface area contributed by atoms with E-state index in [1.165, 1.54) is 18.2 Å².